The Hall–Kier alpha value is -0.180. The molecule has 0 bridgehead atoms. The molecule has 0 aromatic carbocycles. The van der Waals surface area contributed by atoms with Gasteiger partial charge in [-0.1, -0.05) is 0 Å². The van der Waals surface area contributed by atoms with Gasteiger partial charge >= 0.3 is 5.97 Å². The summed E-state index contributed by atoms with van der Waals surface area (Å²) in [5, 5.41) is -0.167. The second kappa shape index (κ2) is 1.40. The van der Waals surface area contributed by atoms with Gasteiger partial charge in [0.25, 0.3) is 0 Å². The van der Waals surface area contributed by atoms with E-state index >= 15 is 0 Å². The molecule has 0 amide bonds. The molecular weight excluding hydrogens is 112 g/mol. The van der Waals surface area contributed by atoms with Crippen LogP contribution in [0.2, 0.25) is 0 Å². The summed E-state index contributed by atoms with van der Waals surface area (Å²) in [4.78, 5) is 10.1. The quantitative estimate of drug-likeness (QED) is 0.364. The predicted molar refractivity (Wildman–Crippen MR) is 28.3 cm³/mol. The molecule has 1 rings (SSSR count). The fourth-order valence-corrected chi connectivity index (χ4v) is 0.558. The van der Waals surface area contributed by atoms with Gasteiger partial charge in [0.2, 0.25) is 0 Å². The fourth-order valence-electron chi connectivity index (χ4n) is 0.437. The molecule has 2 nitrogen and oxygen atoms in total. The lowest BCUT2D eigenvalue weighted by Crippen LogP contribution is -2.44. The molecule has 0 N–H and O–H groups in total. The van der Waals surface area contributed by atoms with Crippen molar-refractivity contribution in [3.8, 4) is 0 Å². The Morgan fingerprint density at radius 1 is 1.86 bits per heavy atom. The largest absolute Gasteiger partial charge is 0.460 e. The van der Waals surface area contributed by atoms with Gasteiger partial charge in [0, 0.05) is 0 Å². The minimum absolute atomic E-state index is 0.0239. The summed E-state index contributed by atoms with van der Waals surface area (Å²) in [5.41, 5.74) is 0. The highest BCUT2D eigenvalue weighted by atomic mass is 32.1. The molecule has 7 heavy (non-hydrogen) atoms. The number of rotatable bonds is 0. The van der Waals surface area contributed by atoms with Gasteiger partial charge < -0.3 is 4.74 Å². The standard InChI is InChI=1S/C4H6O2S/c1-2-3(7)4(5)6-2/h2-3,7H,1H3. The van der Waals surface area contributed by atoms with Gasteiger partial charge in [-0.15, -0.1) is 0 Å². The zero-order valence-corrected chi connectivity index (χ0v) is 4.81. The maximum Gasteiger partial charge on any atom is 0.322 e. The van der Waals surface area contributed by atoms with Crippen LogP contribution in [0.25, 0.3) is 0 Å². The summed E-state index contributed by atoms with van der Waals surface area (Å²) in [5.74, 6) is -0.198. The highest BCUT2D eigenvalue weighted by Gasteiger charge is 2.35. The zero-order chi connectivity index (χ0) is 5.44. The number of hydrogen-bond donors (Lipinski definition) is 1. The van der Waals surface area contributed by atoms with E-state index in [-0.39, 0.29) is 17.3 Å². The summed E-state index contributed by atoms with van der Waals surface area (Å²) in [6.45, 7) is 1.82. The predicted octanol–water partition coefficient (Wildman–Crippen LogP) is 0.230. The first-order chi connectivity index (χ1) is 3.22. The van der Waals surface area contributed by atoms with Crippen LogP contribution in [0.15, 0.2) is 0 Å². The summed E-state index contributed by atoms with van der Waals surface area (Å²) in [6.07, 6.45) is 0.0239. The Labute approximate surface area is 47.3 Å². The summed E-state index contributed by atoms with van der Waals surface area (Å²) in [6, 6.07) is 0. The average molecular weight is 118 g/mol. The van der Waals surface area contributed by atoms with Gasteiger partial charge in [0.15, 0.2) is 0 Å². The van der Waals surface area contributed by atoms with Gasteiger partial charge in [-0.05, 0) is 6.92 Å². The molecule has 1 heterocycles. The second-order valence-electron chi connectivity index (χ2n) is 1.59. The molecule has 0 aromatic heterocycles. The van der Waals surface area contributed by atoms with Crippen molar-refractivity contribution in [1.29, 1.82) is 0 Å². The molecule has 1 fully saturated rings. The highest BCUT2D eigenvalue weighted by Crippen LogP contribution is 2.18. The third-order valence-corrected chi connectivity index (χ3v) is 1.62. The van der Waals surface area contributed by atoms with Crippen LogP contribution in [0.5, 0.6) is 0 Å². The molecular formula is C4H6O2S. The van der Waals surface area contributed by atoms with Gasteiger partial charge in [-0.25, -0.2) is 0 Å². The van der Waals surface area contributed by atoms with Crippen molar-refractivity contribution in [1.82, 2.24) is 0 Å². The van der Waals surface area contributed by atoms with Crippen molar-refractivity contribution in [3.63, 3.8) is 0 Å². The molecule has 0 aromatic rings. The van der Waals surface area contributed by atoms with Gasteiger partial charge in [-0.3, -0.25) is 4.79 Å². The highest BCUT2D eigenvalue weighted by molar-refractivity contribution is 7.82. The number of hydrogen-bond acceptors (Lipinski definition) is 3. The van der Waals surface area contributed by atoms with Crippen LogP contribution in [0.1, 0.15) is 6.92 Å². The second-order valence-corrected chi connectivity index (χ2v) is 2.14. The van der Waals surface area contributed by atoms with Gasteiger partial charge in [0.1, 0.15) is 11.4 Å². The first kappa shape index (κ1) is 4.97. The Morgan fingerprint density at radius 3 is 2.43 bits per heavy atom. The lowest BCUT2D eigenvalue weighted by atomic mass is 10.2. The fraction of sp³-hybridized carbons (Fsp3) is 0.750. The molecule has 1 aliphatic rings. The number of ether oxygens (including phenoxy) is 1. The van der Waals surface area contributed by atoms with Crippen LogP contribution in [-0.4, -0.2) is 17.3 Å². The van der Waals surface area contributed by atoms with E-state index in [1.807, 2.05) is 6.92 Å². The topological polar surface area (TPSA) is 26.3 Å². The van der Waals surface area contributed by atoms with E-state index in [4.69, 9.17) is 0 Å². The SMILES string of the molecule is CC1OC(=O)C1S. The third kappa shape index (κ3) is 0.608. The van der Waals surface area contributed by atoms with Crippen molar-refractivity contribution in [2.24, 2.45) is 0 Å². The van der Waals surface area contributed by atoms with Crippen molar-refractivity contribution < 1.29 is 9.53 Å². The molecule has 3 heteroatoms. The average Bonchev–Trinajstić information content (AvgIpc) is 1.68. The van der Waals surface area contributed by atoms with Crippen LogP contribution in [0, 0.1) is 0 Å². The van der Waals surface area contributed by atoms with Crippen LogP contribution in [-0.2, 0) is 9.53 Å². The molecule has 2 atom stereocenters. The summed E-state index contributed by atoms with van der Waals surface area (Å²) in [7, 11) is 0. The van der Waals surface area contributed by atoms with E-state index in [1.165, 1.54) is 0 Å². The number of esters is 1. The molecule has 0 aliphatic carbocycles. The zero-order valence-electron chi connectivity index (χ0n) is 3.92. The summed E-state index contributed by atoms with van der Waals surface area (Å²) >= 11 is 3.90. The van der Waals surface area contributed by atoms with E-state index in [9.17, 15) is 4.79 Å². The normalized spacial score (nSPS) is 39.4. The third-order valence-electron chi connectivity index (χ3n) is 0.988. The van der Waals surface area contributed by atoms with Crippen molar-refractivity contribution in [2.45, 2.75) is 18.3 Å². The van der Waals surface area contributed by atoms with Crippen LogP contribution < -0.4 is 0 Å². The van der Waals surface area contributed by atoms with Gasteiger partial charge in [0.05, 0.1) is 0 Å². The van der Waals surface area contributed by atoms with E-state index in [2.05, 4.69) is 17.4 Å². The van der Waals surface area contributed by atoms with Crippen LogP contribution >= 0.6 is 12.6 Å². The minimum atomic E-state index is -0.198. The molecule has 0 spiro atoms. The molecule has 0 radical (unpaired) electrons. The first-order valence-electron chi connectivity index (χ1n) is 2.10. The van der Waals surface area contributed by atoms with Crippen LogP contribution in [0.3, 0.4) is 0 Å². The number of carbonyl (C=O) groups excluding carboxylic acids is 1. The summed E-state index contributed by atoms with van der Waals surface area (Å²) < 4.78 is 4.54. The first-order valence-corrected chi connectivity index (χ1v) is 2.62. The molecule has 2 unspecified atom stereocenters. The lowest BCUT2D eigenvalue weighted by molar-refractivity contribution is -0.165. The Balaban J connectivity index is 2.43. The number of cyclic esters (lactones) is 1. The molecule has 1 aliphatic heterocycles. The van der Waals surface area contributed by atoms with E-state index < -0.39 is 0 Å². The van der Waals surface area contributed by atoms with Crippen molar-refractivity contribution >= 4 is 18.6 Å². The lowest BCUT2D eigenvalue weighted by Gasteiger charge is -2.27. The van der Waals surface area contributed by atoms with Crippen molar-refractivity contribution in [3.05, 3.63) is 0 Å². The van der Waals surface area contributed by atoms with Gasteiger partial charge in [-0.2, -0.15) is 12.6 Å². The maximum absolute atomic E-state index is 10.1. The Kier molecular flexibility index (Phi) is 0.995. The van der Waals surface area contributed by atoms with Crippen molar-refractivity contribution in [2.75, 3.05) is 0 Å². The number of thiol groups is 1. The Bertz CT molecular complexity index is 102. The maximum atomic E-state index is 10.1. The smallest absolute Gasteiger partial charge is 0.322 e. The molecule has 1 saturated heterocycles. The number of carbonyl (C=O) groups is 1. The Morgan fingerprint density at radius 2 is 2.43 bits per heavy atom. The van der Waals surface area contributed by atoms with Crippen LogP contribution in [0.4, 0.5) is 0 Å². The van der Waals surface area contributed by atoms with E-state index in [1.54, 1.807) is 0 Å². The van der Waals surface area contributed by atoms with E-state index in [0.29, 0.717) is 0 Å². The minimum Gasteiger partial charge on any atom is -0.460 e. The monoisotopic (exact) mass is 118 g/mol. The van der Waals surface area contributed by atoms with E-state index in [0.717, 1.165) is 0 Å². The molecule has 40 valence electrons. The molecule has 0 saturated carbocycles.